The molecule has 0 aromatic heterocycles. The van der Waals surface area contributed by atoms with E-state index < -0.39 is 17.7 Å². The zero-order chi connectivity index (χ0) is 19.5. The number of fused-ring (bicyclic) bond motifs is 1. The Bertz CT molecular complexity index is 995. The summed E-state index contributed by atoms with van der Waals surface area (Å²) in [5.41, 5.74) is -2.54. The van der Waals surface area contributed by atoms with Crippen LogP contribution in [0.5, 0.6) is 5.75 Å². The van der Waals surface area contributed by atoms with Crippen LogP contribution in [0.4, 0.5) is 23.7 Å². The second-order valence-electron chi connectivity index (χ2n) is 5.60. The Labute approximate surface area is 153 Å². The van der Waals surface area contributed by atoms with Gasteiger partial charge in [-0.15, -0.1) is 0 Å². The van der Waals surface area contributed by atoms with Crippen LogP contribution in [0, 0.1) is 23.7 Å². The first-order valence-electron chi connectivity index (χ1n) is 7.78. The van der Waals surface area contributed by atoms with Crippen LogP contribution in [0.3, 0.4) is 0 Å². The maximum absolute atomic E-state index is 14.0. The first kappa shape index (κ1) is 18.2. The van der Waals surface area contributed by atoms with Crippen LogP contribution in [0.2, 0.25) is 0 Å². The van der Waals surface area contributed by atoms with E-state index in [4.69, 9.17) is 4.74 Å². The second-order valence-corrected chi connectivity index (χ2v) is 5.60. The van der Waals surface area contributed by atoms with Crippen molar-refractivity contribution in [1.29, 1.82) is 0 Å². The molecule has 27 heavy (non-hydrogen) atoms. The van der Waals surface area contributed by atoms with Gasteiger partial charge in [-0.25, -0.2) is 4.79 Å². The number of carbonyl (C=O) groups is 1. The number of hydrogen-bond donors (Lipinski definition) is 2. The van der Waals surface area contributed by atoms with Crippen LogP contribution >= 0.6 is 0 Å². The highest BCUT2D eigenvalue weighted by Gasteiger charge is 2.59. The average molecular weight is 370 g/mol. The summed E-state index contributed by atoms with van der Waals surface area (Å²) in [6.07, 6.45) is -4.88. The number of rotatable bonds is 1. The van der Waals surface area contributed by atoms with E-state index in [1.165, 1.54) is 25.3 Å². The quantitative estimate of drug-likeness (QED) is 0.753. The van der Waals surface area contributed by atoms with Gasteiger partial charge in [-0.1, -0.05) is 24.1 Å². The van der Waals surface area contributed by atoms with Gasteiger partial charge in [-0.3, -0.25) is 0 Å². The number of nitrogens with one attached hydrogen (secondary N) is 2. The number of benzene rings is 2. The predicted octanol–water partition coefficient (Wildman–Crippen LogP) is 3.64. The van der Waals surface area contributed by atoms with E-state index in [1.807, 2.05) is 5.32 Å². The van der Waals surface area contributed by atoms with Crippen LogP contribution in [0.1, 0.15) is 11.1 Å². The fourth-order valence-electron chi connectivity index (χ4n) is 2.60. The topological polar surface area (TPSA) is 50.4 Å². The van der Waals surface area contributed by atoms with E-state index in [1.54, 1.807) is 30.3 Å². The molecule has 1 atom stereocenters. The number of ether oxygens (including phenoxy) is 1. The maximum Gasteiger partial charge on any atom is 0.427 e. The fraction of sp³-hybridized carbons (Fsp3) is 0.150. The molecular weight excluding hydrogens is 357 g/mol. The molecule has 4 nitrogen and oxygen atoms in total. The molecule has 2 aromatic rings. The zero-order valence-corrected chi connectivity index (χ0v) is 14.1. The highest BCUT2D eigenvalue weighted by atomic mass is 19.4. The van der Waals surface area contributed by atoms with E-state index in [-0.39, 0.29) is 17.0 Å². The number of methoxy groups -OCH3 is 1. The molecule has 1 aliphatic rings. The number of halogens is 3. The SMILES string of the molecule is COc1ccc2c(c1)[C@@](C#CC#Cc1ccccc1)(C(F)(F)F)NC(=O)N2. The van der Waals surface area contributed by atoms with Crippen LogP contribution in [-0.2, 0) is 5.54 Å². The van der Waals surface area contributed by atoms with Crippen LogP contribution < -0.4 is 15.4 Å². The van der Waals surface area contributed by atoms with E-state index >= 15 is 0 Å². The number of carbonyl (C=O) groups excluding carboxylic acids is 1. The lowest BCUT2D eigenvalue weighted by Crippen LogP contribution is -2.59. The Kier molecular flexibility index (Phi) is 4.70. The zero-order valence-electron chi connectivity index (χ0n) is 14.1. The molecule has 0 spiro atoms. The van der Waals surface area contributed by atoms with E-state index in [0.717, 1.165) is 0 Å². The summed E-state index contributed by atoms with van der Waals surface area (Å²) in [5, 5.41) is 4.25. The van der Waals surface area contributed by atoms with Gasteiger partial charge in [-0.2, -0.15) is 13.2 Å². The third-order valence-corrected chi connectivity index (χ3v) is 3.90. The number of alkyl halides is 3. The Morgan fingerprint density at radius 3 is 2.48 bits per heavy atom. The molecule has 0 fully saturated rings. The molecule has 2 amide bonds. The molecule has 0 saturated heterocycles. The minimum absolute atomic E-state index is 0.00203. The van der Waals surface area contributed by atoms with Crippen LogP contribution in [0.15, 0.2) is 48.5 Å². The number of amides is 2. The summed E-state index contributed by atoms with van der Waals surface area (Å²) in [6, 6.07) is 11.7. The molecule has 136 valence electrons. The lowest BCUT2D eigenvalue weighted by molar-refractivity contribution is -0.178. The predicted molar refractivity (Wildman–Crippen MR) is 94.0 cm³/mol. The van der Waals surface area contributed by atoms with E-state index in [0.29, 0.717) is 5.56 Å². The van der Waals surface area contributed by atoms with Crippen molar-refractivity contribution >= 4 is 11.7 Å². The molecule has 0 unspecified atom stereocenters. The molecule has 0 aliphatic carbocycles. The van der Waals surface area contributed by atoms with Gasteiger partial charge in [0.1, 0.15) is 5.75 Å². The summed E-state index contributed by atoms with van der Waals surface area (Å²) in [6.45, 7) is 0. The first-order valence-corrected chi connectivity index (χ1v) is 7.78. The average Bonchev–Trinajstić information content (AvgIpc) is 2.64. The summed E-state index contributed by atoms with van der Waals surface area (Å²) >= 11 is 0. The van der Waals surface area contributed by atoms with Gasteiger partial charge in [-0.05, 0) is 48.1 Å². The molecule has 0 radical (unpaired) electrons. The van der Waals surface area contributed by atoms with Gasteiger partial charge in [0.25, 0.3) is 0 Å². The van der Waals surface area contributed by atoms with Crippen molar-refractivity contribution in [3.05, 3.63) is 59.7 Å². The summed E-state index contributed by atoms with van der Waals surface area (Å²) in [5.74, 6) is 9.62. The van der Waals surface area contributed by atoms with Crippen LogP contribution in [-0.4, -0.2) is 19.3 Å². The fourth-order valence-corrected chi connectivity index (χ4v) is 2.60. The van der Waals surface area contributed by atoms with Gasteiger partial charge < -0.3 is 15.4 Å². The largest absolute Gasteiger partial charge is 0.497 e. The maximum atomic E-state index is 14.0. The summed E-state index contributed by atoms with van der Waals surface area (Å²) in [7, 11) is 1.34. The number of anilines is 1. The Morgan fingerprint density at radius 2 is 1.81 bits per heavy atom. The van der Waals surface area contributed by atoms with Crippen molar-refractivity contribution in [1.82, 2.24) is 5.32 Å². The molecule has 2 aromatic carbocycles. The van der Waals surface area contributed by atoms with Crippen LogP contribution in [0.25, 0.3) is 0 Å². The molecule has 7 heteroatoms. The number of urea groups is 1. The Balaban J connectivity index is 2.12. The minimum atomic E-state index is -4.88. The van der Waals surface area contributed by atoms with Crippen molar-refractivity contribution < 1.29 is 22.7 Å². The van der Waals surface area contributed by atoms with Gasteiger partial charge >= 0.3 is 12.2 Å². The second kappa shape index (κ2) is 6.97. The van der Waals surface area contributed by atoms with Crippen molar-refractivity contribution in [2.24, 2.45) is 0 Å². The van der Waals surface area contributed by atoms with Gasteiger partial charge in [0, 0.05) is 16.8 Å². The monoisotopic (exact) mass is 370 g/mol. The minimum Gasteiger partial charge on any atom is -0.497 e. The third-order valence-electron chi connectivity index (χ3n) is 3.90. The molecule has 2 N–H and O–H groups in total. The molecule has 0 bridgehead atoms. The smallest absolute Gasteiger partial charge is 0.427 e. The molecule has 1 aliphatic heterocycles. The molecule has 0 saturated carbocycles. The lowest BCUT2D eigenvalue weighted by atomic mass is 9.86. The van der Waals surface area contributed by atoms with Gasteiger partial charge in [0.05, 0.1) is 7.11 Å². The molecular formula is C20H13F3N2O2. The van der Waals surface area contributed by atoms with Gasteiger partial charge in [0.2, 0.25) is 5.54 Å². The van der Waals surface area contributed by atoms with Crippen molar-refractivity contribution in [3.63, 3.8) is 0 Å². The van der Waals surface area contributed by atoms with E-state index in [9.17, 15) is 18.0 Å². The number of hydrogen-bond acceptors (Lipinski definition) is 2. The first-order chi connectivity index (χ1) is 12.9. The Morgan fingerprint density at radius 1 is 1.07 bits per heavy atom. The normalized spacial score (nSPS) is 17.9. The highest BCUT2D eigenvalue weighted by Crippen LogP contribution is 2.44. The third kappa shape index (κ3) is 3.54. The summed E-state index contributed by atoms with van der Waals surface area (Å²) in [4.78, 5) is 11.8. The summed E-state index contributed by atoms with van der Waals surface area (Å²) < 4.78 is 47.0. The van der Waals surface area contributed by atoms with Crippen molar-refractivity contribution in [2.45, 2.75) is 11.7 Å². The van der Waals surface area contributed by atoms with Gasteiger partial charge in [0.15, 0.2) is 0 Å². The highest BCUT2D eigenvalue weighted by molar-refractivity contribution is 5.95. The van der Waals surface area contributed by atoms with E-state index in [2.05, 4.69) is 29.0 Å². The Hall–Kier alpha value is -3.58. The molecule has 3 rings (SSSR count). The standard InChI is InChI=1S/C20H13F3N2O2/c1-27-15-10-11-17-16(13-15)19(20(21,22)23,25-18(26)24-17)12-6-5-9-14-7-3-2-4-8-14/h2-4,7-8,10-11,13H,1H3,(H2,24,25,26)/t19-/m0/s1. The molecule has 1 heterocycles. The van der Waals surface area contributed by atoms with Crippen molar-refractivity contribution in [2.75, 3.05) is 12.4 Å². The lowest BCUT2D eigenvalue weighted by Gasteiger charge is -2.37. The van der Waals surface area contributed by atoms with Crippen molar-refractivity contribution in [3.8, 4) is 29.4 Å².